The molecule has 0 heterocycles. The van der Waals surface area contributed by atoms with Crippen LogP contribution in [0.25, 0.3) is 0 Å². The first-order valence-electron chi connectivity index (χ1n) is 3.23. The number of anilines is 1. The molecule has 0 aliphatic carbocycles. The molecule has 58 valence electrons. The van der Waals surface area contributed by atoms with Crippen molar-refractivity contribution in [2.24, 2.45) is 0 Å². The van der Waals surface area contributed by atoms with E-state index in [0.717, 1.165) is 5.69 Å². The predicted molar refractivity (Wildman–Crippen MR) is 47.1 cm³/mol. The Bertz CT molecular complexity index is 235. The molecule has 0 aliphatic heterocycles. The van der Waals surface area contributed by atoms with E-state index < -0.39 is 0 Å². The number of para-hydroxylation sites is 1. The molecule has 0 saturated carbocycles. The molecule has 0 spiro atoms. The zero-order chi connectivity index (χ0) is 8.10. The van der Waals surface area contributed by atoms with Gasteiger partial charge >= 0.3 is 71.7 Å². The van der Waals surface area contributed by atoms with Crippen LogP contribution >= 0.6 is 0 Å². The van der Waals surface area contributed by atoms with Gasteiger partial charge in [-0.25, -0.2) is 0 Å². The number of hydrogen-bond donors (Lipinski definition) is 1. The van der Waals surface area contributed by atoms with Crippen LogP contribution in [-0.4, -0.2) is 19.8 Å². The monoisotopic (exact) mass is 215 g/mol. The average Bonchev–Trinajstić information content (AvgIpc) is 2.06. The molecule has 11 heavy (non-hydrogen) atoms. The van der Waals surface area contributed by atoms with Crippen molar-refractivity contribution in [2.45, 2.75) is 5.82 Å². The average molecular weight is 214 g/mol. The molecule has 3 heteroatoms. The summed E-state index contributed by atoms with van der Waals surface area (Å²) in [4.78, 5) is 11.0. The van der Waals surface area contributed by atoms with Crippen LogP contribution < -0.4 is 5.32 Å². The van der Waals surface area contributed by atoms with E-state index in [9.17, 15) is 4.79 Å². The zero-order valence-corrected chi connectivity index (χ0v) is 7.92. The summed E-state index contributed by atoms with van der Waals surface area (Å²) < 4.78 is 0. The Morgan fingerprint density at radius 3 is 2.55 bits per heavy atom. The maximum atomic E-state index is 10.9. The van der Waals surface area contributed by atoms with Crippen LogP contribution in [0.15, 0.2) is 30.3 Å². The van der Waals surface area contributed by atoms with Crippen LogP contribution in [0.2, 0.25) is 5.82 Å². The van der Waals surface area contributed by atoms with Gasteiger partial charge in [0.15, 0.2) is 0 Å². The second kappa shape index (κ2) is 4.16. The molecule has 2 nitrogen and oxygen atoms in total. The molecule has 1 N–H and O–H groups in total. The fourth-order valence-corrected chi connectivity index (χ4v) is 1.15. The molecule has 1 aromatic carbocycles. The summed E-state index contributed by atoms with van der Waals surface area (Å²) in [6.45, 7) is 0. The summed E-state index contributed by atoms with van der Waals surface area (Å²) in [5.74, 6) is 1.89. The Labute approximate surface area is 72.2 Å². The molecule has 0 atom stereocenters. The van der Waals surface area contributed by atoms with Crippen molar-refractivity contribution in [1.82, 2.24) is 0 Å². The van der Waals surface area contributed by atoms with Crippen LogP contribution in [0.5, 0.6) is 0 Å². The molecule has 0 unspecified atom stereocenters. The third-order valence-electron chi connectivity index (χ3n) is 1.21. The van der Waals surface area contributed by atoms with Crippen molar-refractivity contribution in [3.63, 3.8) is 0 Å². The van der Waals surface area contributed by atoms with Gasteiger partial charge in [0, 0.05) is 0 Å². The minimum absolute atomic E-state index is 0.0375. The number of amides is 1. The van der Waals surface area contributed by atoms with Crippen molar-refractivity contribution in [3.8, 4) is 0 Å². The number of rotatable bonds is 2. The first kappa shape index (κ1) is 8.31. The molecule has 0 saturated heterocycles. The Morgan fingerprint density at radius 1 is 1.36 bits per heavy atom. The van der Waals surface area contributed by atoms with Gasteiger partial charge in [-0.05, 0) is 0 Å². The number of hydrogen-bond acceptors (Lipinski definition) is 1. The third-order valence-corrected chi connectivity index (χ3v) is 2.20. The first-order chi connectivity index (χ1) is 5.33. The van der Waals surface area contributed by atoms with Gasteiger partial charge in [-0.2, -0.15) is 0 Å². The SMILES string of the molecule is C[Se]C(=O)Nc1ccccc1. The Kier molecular flexibility index (Phi) is 3.14. The topological polar surface area (TPSA) is 29.1 Å². The van der Waals surface area contributed by atoms with Crippen LogP contribution in [0, 0.1) is 0 Å². The van der Waals surface area contributed by atoms with Gasteiger partial charge in [0.2, 0.25) is 0 Å². The number of nitrogens with one attached hydrogen (secondary N) is 1. The van der Waals surface area contributed by atoms with E-state index in [2.05, 4.69) is 5.32 Å². The van der Waals surface area contributed by atoms with Crippen molar-refractivity contribution in [2.75, 3.05) is 5.32 Å². The fourth-order valence-electron chi connectivity index (χ4n) is 0.690. The number of benzene rings is 1. The van der Waals surface area contributed by atoms with E-state index in [4.69, 9.17) is 0 Å². The van der Waals surface area contributed by atoms with Crippen molar-refractivity contribution >= 4 is 25.4 Å². The van der Waals surface area contributed by atoms with Crippen molar-refractivity contribution in [1.29, 1.82) is 0 Å². The zero-order valence-electron chi connectivity index (χ0n) is 6.20. The molecule has 1 rings (SSSR count). The fraction of sp³-hybridized carbons (Fsp3) is 0.125. The summed E-state index contributed by atoms with van der Waals surface area (Å²) in [6, 6.07) is 9.48. The number of carbonyl (C=O) groups excluding carboxylic acids is 1. The maximum absolute atomic E-state index is 10.9. The third kappa shape index (κ3) is 2.74. The molecule has 0 aliphatic rings. The normalized spacial score (nSPS) is 9.18. The van der Waals surface area contributed by atoms with Gasteiger partial charge in [0.25, 0.3) is 0 Å². The summed E-state index contributed by atoms with van der Waals surface area (Å²) in [6.07, 6.45) is 0. The van der Waals surface area contributed by atoms with Crippen LogP contribution in [0.1, 0.15) is 0 Å². The summed E-state index contributed by atoms with van der Waals surface area (Å²) in [5, 5.41) is 2.78. The van der Waals surface area contributed by atoms with Gasteiger partial charge < -0.3 is 0 Å². The Morgan fingerprint density at radius 2 is 2.00 bits per heavy atom. The van der Waals surface area contributed by atoms with Crippen LogP contribution in [-0.2, 0) is 0 Å². The van der Waals surface area contributed by atoms with E-state index in [-0.39, 0.29) is 19.8 Å². The van der Waals surface area contributed by atoms with E-state index >= 15 is 0 Å². The van der Waals surface area contributed by atoms with Gasteiger partial charge in [-0.1, -0.05) is 0 Å². The first-order valence-corrected chi connectivity index (χ1v) is 5.80. The molecule has 1 amide bonds. The van der Waals surface area contributed by atoms with E-state index in [1.165, 1.54) is 0 Å². The molecular formula is C8H9NOSe. The van der Waals surface area contributed by atoms with E-state index in [1.54, 1.807) is 0 Å². The Hall–Kier alpha value is -0.791. The number of carbonyl (C=O) groups is 1. The quantitative estimate of drug-likeness (QED) is 0.749. The Balaban J connectivity index is 2.58. The van der Waals surface area contributed by atoms with Gasteiger partial charge in [0.05, 0.1) is 0 Å². The van der Waals surface area contributed by atoms with Crippen LogP contribution in [0.4, 0.5) is 10.5 Å². The van der Waals surface area contributed by atoms with Gasteiger partial charge in [-0.15, -0.1) is 0 Å². The molecular weight excluding hydrogens is 205 g/mol. The van der Waals surface area contributed by atoms with Gasteiger partial charge in [-0.3, -0.25) is 0 Å². The minimum atomic E-state index is 0.0375. The summed E-state index contributed by atoms with van der Waals surface area (Å²) in [7, 11) is 0. The molecule has 0 fully saturated rings. The predicted octanol–water partition coefficient (Wildman–Crippen LogP) is 1.97. The molecule has 0 radical (unpaired) electrons. The van der Waals surface area contributed by atoms with Gasteiger partial charge in [0.1, 0.15) is 0 Å². The molecule has 1 aromatic rings. The van der Waals surface area contributed by atoms with Crippen molar-refractivity contribution in [3.05, 3.63) is 30.3 Å². The standard InChI is InChI=1S/C8H9NOSe/c1-11-8(10)9-7-5-3-2-4-6-7/h2-6H,1H3,(H,9,10). The second-order valence-corrected chi connectivity index (χ2v) is 3.62. The second-order valence-electron chi connectivity index (χ2n) is 1.98. The van der Waals surface area contributed by atoms with E-state index in [0.29, 0.717) is 0 Å². The summed E-state index contributed by atoms with van der Waals surface area (Å²) in [5.41, 5.74) is 0.876. The van der Waals surface area contributed by atoms with Crippen molar-refractivity contribution < 1.29 is 4.79 Å². The molecule has 0 bridgehead atoms. The summed E-state index contributed by atoms with van der Waals surface area (Å²) >= 11 is 0.0375. The van der Waals surface area contributed by atoms with E-state index in [1.807, 2.05) is 36.2 Å². The molecule has 0 aromatic heterocycles. The van der Waals surface area contributed by atoms with Crippen LogP contribution in [0.3, 0.4) is 0 Å².